The lowest BCUT2D eigenvalue weighted by atomic mass is 10.0. The summed E-state index contributed by atoms with van der Waals surface area (Å²) in [4.78, 5) is 4.34. The zero-order valence-corrected chi connectivity index (χ0v) is 10.1. The highest BCUT2D eigenvalue weighted by Gasteiger charge is 2.04. The number of hydrogen-bond acceptors (Lipinski definition) is 2. The Morgan fingerprint density at radius 1 is 1.18 bits per heavy atom. The van der Waals surface area contributed by atoms with Crippen LogP contribution < -0.4 is 5.73 Å². The Morgan fingerprint density at radius 2 is 2.06 bits per heavy atom. The average Bonchev–Trinajstić information content (AvgIpc) is 2.39. The summed E-state index contributed by atoms with van der Waals surface area (Å²) in [6.07, 6.45) is 3.66. The van der Waals surface area contributed by atoms with Crippen LogP contribution in [0.4, 0.5) is 0 Å². The molecule has 0 radical (unpaired) electrons. The van der Waals surface area contributed by atoms with Crippen molar-refractivity contribution >= 4 is 0 Å². The molecule has 88 valence electrons. The second-order valence-electron chi connectivity index (χ2n) is 4.26. The zero-order chi connectivity index (χ0) is 12.1. The van der Waals surface area contributed by atoms with E-state index < -0.39 is 0 Å². The van der Waals surface area contributed by atoms with Crippen molar-refractivity contribution in [2.24, 2.45) is 5.73 Å². The van der Waals surface area contributed by atoms with Crippen LogP contribution in [0.3, 0.4) is 0 Å². The van der Waals surface area contributed by atoms with Crippen molar-refractivity contribution in [2.45, 2.75) is 25.8 Å². The Morgan fingerprint density at radius 3 is 2.76 bits per heavy atom. The second kappa shape index (κ2) is 5.60. The van der Waals surface area contributed by atoms with Gasteiger partial charge in [-0.05, 0) is 29.7 Å². The van der Waals surface area contributed by atoms with Gasteiger partial charge in [0.25, 0.3) is 0 Å². The number of aromatic nitrogens is 1. The van der Waals surface area contributed by atoms with E-state index in [-0.39, 0.29) is 6.04 Å². The van der Waals surface area contributed by atoms with Crippen LogP contribution in [0.5, 0.6) is 0 Å². The van der Waals surface area contributed by atoms with Crippen LogP contribution in [0.15, 0.2) is 48.7 Å². The van der Waals surface area contributed by atoms with Crippen LogP contribution in [0, 0.1) is 0 Å². The maximum absolute atomic E-state index is 6.04. The molecule has 2 heteroatoms. The highest BCUT2D eigenvalue weighted by molar-refractivity contribution is 5.28. The minimum absolute atomic E-state index is 0.138. The smallest absolute Gasteiger partial charge is 0.0447 e. The monoisotopic (exact) mass is 226 g/mol. The summed E-state index contributed by atoms with van der Waals surface area (Å²) >= 11 is 0. The fourth-order valence-electron chi connectivity index (χ4n) is 1.88. The van der Waals surface area contributed by atoms with Gasteiger partial charge < -0.3 is 5.73 Å². The van der Waals surface area contributed by atoms with Gasteiger partial charge in [0.15, 0.2) is 0 Å². The molecule has 1 aromatic carbocycles. The molecule has 2 aromatic rings. The van der Waals surface area contributed by atoms with Gasteiger partial charge in [0, 0.05) is 24.4 Å². The van der Waals surface area contributed by atoms with E-state index in [1.54, 1.807) is 0 Å². The third kappa shape index (κ3) is 3.14. The van der Waals surface area contributed by atoms with Crippen molar-refractivity contribution in [1.82, 2.24) is 4.98 Å². The third-order valence-electron chi connectivity index (χ3n) is 2.93. The van der Waals surface area contributed by atoms with Gasteiger partial charge in [0.1, 0.15) is 0 Å². The van der Waals surface area contributed by atoms with E-state index in [0.717, 1.165) is 18.5 Å². The second-order valence-corrected chi connectivity index (χ2v) is 4.26. The number of nitrogens with zero attached hydrogens (tertiary/aromatic N) is 1. The van der Waals surface area contributed by atoms with Crippen LogP contribution in [0.2, 0.25) is 0 Å². The SMILES string of the molecule is CCC(N)c1cccc(Cc2ccccn2)c1. The molecule has 0 amide bonds. The standard InChI is InChI=1S/C15H18N2/c1-2-15(16)13-7-5-6-12(10-13)11-14-8-3-4-9-17-14/h3-10,15H,2,11,16H2,1H3. The van der Waals surface area contributed by atoms with Crippen molar-refractivity contribution in [3.05, 3.63) is 65.5 Å². The molecule has 2 rings (SSSR count). The molecule has 1 atom stereocenters. The minimum Gasteiger partial charge on any atom is -0.324 e. The molecule has 0 fully saturated rings. The van der Waals surface area contributed by atoms with E-state index in [0.29, 0.717) is 0 Å². The lowest BCUT2D eigenvalue weighted by Gasteiger charge is -2.10. The first-order valence-corrected chi connectivity index (χ1v) is 6.04. The van der Waals surface area contributed by atoms with Crippen molar-refractivity contribution in [1.29, 1.82) is 0 Å². The number of pyridine rings is 1. The molecule has 0 aliphatic heterocycles. The number of rotatable bonds is 4. The van der Waals surface area contributed by atoms with E-state index >= 15 is 0 Å². The van der Waals surface area contributed by atoms with E-state index in [1.165, 1.54) is 11.1 Å². The predicted octanol–water partition coefficient (Wildman–Crippen LogP) is 3.08. The maximum Gasteiger partial charge on any atom is 0.0447 e. The van der Waals surface area contributed by atoms with E-state index in [2.05, 4.69) is 36.2 Å². The van der Waals surface area contributed by atoms with Crippen molar-refractivity contribution in [3.63, 3.8) is 0 Å². The van der Waals surface area contributed by atoms with Gasteiger partial charge in [0.05, 0.1) is 0 Å². The van der Waals surface area contributed by atoms with E-state index in [1.807, 2.05) is 24.4 Å². The summed E-state index contributed by atoms with van der Waals surface area (Å²) in [5.74, 6) is 0. The highest BCUT2D eigenvalue weighted by Crippen LogP contribution is 2.16. The molecule has 1 heterocycles. The van der Waals surface area contributed by atoms with Crippen molar-refractivity contribution < 1.29 is 0 Å². The van der Waals surface area contributed by atoms with Crippen LogP contribution in [-0.4, -0.2) is 4.98 Å². The van der Waals surface area contributed by atoms with Gasteiger partial charge in [0.2, 0.25) is 0 Å². The molecule has 2 nitrogen and oxygen atoms in total. The summed E-state index contributed by atoms with van der Waals surface area (Å²) in [7, 11) is 0. The van der Waals surface area contributed by atoms with Crippen LogP contribution >= 0.6 is 0 Å². The van der Waals surface area contributed by atoms with Gasteiger partial charge in [-0.2, -0.15) is 0 Å². The number of benzene rings is 1. The molecule has 0 saturated heterocycles. The predicted molar refractivity (Wildman–Crippen MR) is 70.7 cm³/mol. The first kappa shape index (κ1) is 11.8. The van der Waals surface area contributed by atoms with Gasteiger partial charge in [-0.1, -0.05) is 37.3 Å². The molecule has 0 spiro atoms. The first-order valence-electron chi connectivity index (χ1n) is 6.04. The number of hydrogen-bond donors (Lipinski definition) is 1. The highest BCUT2D eigenvalue weighted by atomic mass is 14.7. The van der Waals surface area contributed by atoms with Crippen LogP contribution in [0.1, 0.15) is 36.2 Å². The summed E-state index contributed by atoms with van der Waals surface area (Å²) in [6.45, 7) is 2.11. The Balaban J connectivity index is 2.17. The van der Waals surface area contributed by atoms with Crippen LogP contribution in [0.25, 0.3) is 0 Å². The van der Waals surface area contributed by atoms with E-state index in [4.69, 9.17) is 5.73 Å². The van der Waals surface area contributed by atoms with Gasteiger partial charge in [-0.15, -0.1) is 0 Å². The molecule has 0 aliphatic carbocycles. The normalized spacial score (nSPS) is 12.4. The molecule has 2 N–H and O–H groups in total. The van der Waals surface area contributed by atoms with Gasteiger partial charge >= 0.3 is 0 Å². The molecule has 0 bridgehead atoms. The summed E-state index contributed by atoms with van der Waals surface area (Å²) in [5, 5.41) is 0. The first-order chi connectivity index (χ1) is 8.29. The minimum atomic E-state index is 0.138. The Hall–Kier alpha value is -1.67. The van der Waals surface area contributed by atoms with Crippen LogP contribution in [-0.2, 0) is 6.42 Å². The average molecular weight is 226 g/mol. The fourth-order valence-corrected chi connectivity index (χ4v) is 1.88. The van der Waals surface area contributed by atoms with E-state index in [9.17, 15) is 0 Å². The summed E-state index contributed by atoms with van der Waals surface area (Å²) in [6, 6.07) is 14.6. The molecule has 0 saturated carbocycles. The molecule has 0 aliphatic rings. The van der Waals surface area contributed by atoms with Gasteiger partial charge in [-0.3, -0.25) is 4.98 Å². The fraction of sp³-hybridized carbons (Fsp3) is 0.267. The van der Waals surface area contributed by atoms with Gasteiger partial charge in [-0.25, -0.2) is 0 Å². The number of nitrogens with two attached hydrogens (primary N) is 1. The third-order valence-corrected chi connectivity index (χ3v) is 2.93. The Kier molecular flexibility index (Phi) is 3.89. The molecule has 17 heavy (non-hydrogen) atoms. The largest absolute Gasteiger partial charge is 0.324 e. The maximum atomic E-state index is 6.04. The molecule has 1 aromatic heterocycles. The molecule has 1 unspecified atom stereocenters. The topological polar surface area (TPSA) is 38.9 Å². The lowest BCUT2D eigenvalue weighted by molar-refractivity contribution is 0.697. The Bertz CT molecular complexity index is 465. The molecular weight excluding hydrogens is 208 g/mol. The Labute approximate surface area is 103 Å². The lowest BCUT2D eigenvalue weighted by Crippen LogP contribution is -2.08. The zero-order valence-electron chi connectivity index (χ0n) is 10.1. The summed E-state index contributed by atoms with van der Waals surface area (Å²) < 4.78 is 0. The quantitative estimate of drug-likeness (QED) is 0.870. The van der Waals surface area contributed by atoms with Crippen molar-refractivity contribution in [2.75, 3.05) is 0 Å². The summed E-state index contributed by atoms with van der Waals surface area (Å²) in [5.41, 5.74) is 9.61. The van der Waals surface area contributed by atoms with Crippen molar-refractivity contribution in [3.8, 4) is 0 Å². The molecular formula is C15H18N2.